The summed E-state index contributed by atoms with van der Waals surface area (Å²) in [6.45, 7) is 3.39. The van der Waals surface area contributed by atoms with Gasteiger partial charge in [0.15, 0.2) is 0 Å². The van der Waals surface area contributed by atoms with Crippen LogP contribution in [-0.4, -0.2) is 24.3 Å². The molecule has 0 amide bonds. The minimum Gasteiger partial charge on any atom is -0.472 e. The fourth-order valence-corrected chi connectivity index (χ4v) is 3.42. The molecule has 2 heterocycles. The third-order valence-electron chi connectivity index (χ3n) is 3.33. The molecule has 2 rings (SSSR count). The molecule has 0 radical (unpaired) electrons. The number of nitrogens with two attached hydrogens (primary N) is 1. The van der Waals surface area contributed by atoms with E-state index in [9.17, 15) is 8.42 Å². The summed E-state index contributed by atoms with van der Waals surface area (Å²) in [5, 5.41) is 0. The number of aryl methyl sites for hydroxylation is 1. The molecule has 0 bridgehead atoms. The Morgan fingerprint density at radius 2 is 2.19 bits per heavy atom. The van der Waals surface area contributed by atoms with Crippen LogP contribution in [0.5, 0.6) is 0 Å². The highest BCUT2D eigenvalue weighted by Crippen LogP contribution is 2.20. The maximum atomic E-state index is 12.6. The highest BCUT2D eigenvalue weighted by Gasteiger charge is 2.23. The number of hydrogen-bond donors (Lipinski definition) is 1. The SMILES string of the molecule is CCCn1cc(S(=O)(=O)N(C)Cc2ccoc2)cc1CN. The van der Waals surface area contributed by atoms with Crippen LogP contribution in [0, 0.1) is 0 Å². The van der Waals surface area contributed by atoms with Crippen LogP contribution in [-0.2, 0) is 29.7 Å². The molecule has 0 saturated heterocycles. The van der Waals surface area contributed by atoms with Crippen molar-refractivity contribution < 1.29 is 12.8 Å². The normalized spacial score (nSPS) is 12.2. The van der Waals surface area contributed by atoms with Crippen molar-refractivity contribution in [1.82, 2.24) is 8.87 Å². The fraction of sp³-hybridized carbons (Fsp3) is 0.429. The van der Waals surface area contributed by atoms with E-state index in [1.165, 1.54) is 10.6 Å². The van der Waals surface area contributed by atoms with Gasteiger partial charge in [-0.05, 0) is 18.6 Å². The highest BCUT2D eigenvalue weighted by atomic mass is 32.2. The molecule has 0 spiro atoms. The standard InChI is InChI=1S/C14H21N3O3S/c1-3-5-17-10-14(7-13(17)8-15)21(18,19)16(2)9-12-4-6-20-11-12/h4,6-7,10-11H,3,5,8-9,15H2,1-2H3. The monoisotopic (exact) mass is 311 g/mol. The Morgan fingerprint density at radius 1 is 1.43 bits per heavy atom. The second kappa shape index (κ2) is 6.46. The zero-order chi connectivity index (χ0) is 15.5. The summed E-state index contributed by atoms with van der Waals surface area (Å²) in [6.07, 6.45) is 5.65. The Labute approximate surface area is 125 Å². The summed E-state index contributed by atoms with van der Waals surface area (Å²) in [5.74, 6) is 0. The van der Waals surface area contributed by atoms with Crippen molar-refractivity contribution in [2.24, 2.45) is 5.73 Å². The number of aromatic nitrogens is 1. The van der Waals surface area contributed by atoms with Gasteiger partial charge in [0.1, 0.15) is 4.90 Å². The number of furan rings is 1. The first kappa shape index (κ1) is 15.8. The Balaban J connectivity index is 2.26. The van der Waals surface area contributed by atoms with Gasteiger partial charge in [0.05, 0.1) is 12.5 Å². The molecule has 21 heavy (non-hydrogen) atoms. The van der Waals surface area contributed by atoms with Gasteiger partial charge in [-0.15, -0.1) is 0 Å². The molecule has 116 valence electrons. The molecule has 2 aromatic rings. The first-order valence-corrected chi connectivity index (χ1v) is 8.29. The molecule has 6 nitrogen and oxygen atoms in total. The highest BCUT2D eigenvalue weighted by molar-refractivity contribution is 7.89. The Bertz CT molecular complexity index is 674. The Kier molecular flexibility index (Phi) is 4.87. The maximum Gasteiger partial charge on any atom is 0.244 e. The van der Waals surface area contributed by atoms with Gasteiger partial charge in [0.2, 0.25) is 10.0 Å². The van der Waals surface area contributed by atoms with Crippen LogP contribution in [0.4, 0.5) is 0 Å². The van der Waals surface area contributed by atoms with Crippen LogP contribution in [0.15, 0.2) is 40.2 Å². The van der Waals surface area contributed by atoms with Crippen LogP contribution in [0.1, 0.15) is 24.6 Å². The molecule has 0 fully saturated rings. The van der Waals surface area contributed by atoms with Gasteiger partial charge in [0.25, 0.3) is 0 Å². The van der Waals surface area contributed by atoms with Gasteiger partial charge in [-0.25, -0.2) is 8.42 Å². The van der Waals surface area contributed by atoms with Crippen molar-refractivity contribution in [2.75, 3.05) is 7.05 Å². The average molecular weight is 311 g/mol. The molecule has 0 atom stereocenters. The van der Waals surface area contributed by atoms with E-state index in [0.29, 0.717) is 6.54 Å². The lowest BCUT2D eigenvalue weighted by Gasteiger charge is -2.15. The van der Waals surface area contributed by atoms with Gasteiger partial charge in [-0.1, -0.05) is 6.92 Å². The summed E-state index contributed by atoms with van der Waals surface area (Å²) < 4.78 is 33.3. The van der Waals surface area contributed by atoms with Crippen LogP contribution < -0.4 is 5.73 Å². The van der Waals surface area contributed by atoms with Gasteiger partial charge in [-0.3, -0.25) is 0 Å². The first-order chi connectivity index (χ1) is 9.98. The number of nitrogens with zero attached hydrogens (tertiary/aromatic N) is 2. The molecule has 0 unspecified atom stereocenters. The molecule has 0 aliphatic heterocycles. The lowest BCUT2D eigenvalue weighted by molar-refractivity contribution is 0.463. The smallest absolute Gasteiger partial charge is 0.244 e. The van der Waals surface area contributed by atoms with Crippen LogP contribution in [0.3, 0.4) is 0 Å². The molecule has 0 saturated carbocycles. The number of rotatable bonds is 7. The minimum atomic E-state index is -3.53. The van der Waals surface area contributed by atoms with Crippen molar-refractivity contribution in [2.45, 2.75) is 37.9 Å². The molecule has 0 aliphatic rings. The average Bonchev–Trinajstić information content (AvgIpc) is 3.08. The van der Waals surface area contributed by atoms with Crippen molar-refractivity contribution >= 4 is 10.0 Å². The molecular weight excluding hydrogens is 290 g/mol. The van der Waals surface area contributed by atoms with Crippen molar-refractivity contribution in [3.8, 4) is 0 Å². The Morgan fingerprint density at radius 3 is 2.76 bits per heavy atom. The summed E-state index contributed by atoms with van der Waals surface area (Å²) in [7, 11) is -1.97. The summed E-state index contributed by atoms with van der Waals surface area (Å²) >= 11 is 0. The maximum absolute atomic E-state index is 12.6. The number of hydrogen-bond acceptors (Lipinski definition) is 4. The largest absolute Gasteiger partial charge is 0.472 e. The lowest BCUT2D eigenvalue weighted by Crippen LogP contribution is -2.26. The number of sulfonamides is 1. The van der Waals surface area contributed by atoms with E-state index in [1.807, 2.05) is 11.5 Å². The van der Waals surface area contributed by atoms with Crippen molar-refractivity contribution in [3.63, 3.8) is 0 Å². The van der Waals surface area contributed by atoms with Crippen LogP contribution in [0.25, 0.3) is 0 Å². The van der Waals surface area contributed by atoms with Gasteiger partial charge >= 0.3 is 0 Å². The van der Waals surface area contributed by atoms with Crippen LogP contribution >= 0.6 is 0 Å². The summed E-state index contributed by atoms with van der Waals surface area (Å²) in [4.78, 5) is 0.280. The van der Waals surface area contributed by atoms with Gasteiger partial charge in [-0.2, -0.15) is 4.31 Å². The Hall–Kier alpha value is -1.57. The minimum absolute atomic E-state index is 0.274. The second-order valence-electron chi connectivity index (χ2n) is 4.96. The first-order valence-electron chi connectivity index (χ1n) is 6.85. The van der Waals surface area contributed by atoms with E-state index in [1.54, 1.807) is 31.6 Å². The van der Waals surface area contributed by atoms with Crippen molar-refractivity contribution in [3.05, 3.63) is 42.1 Å². The van der Waals surface area contributed by atoms with E-state index in [-0.39, 0.29) is 11.4 Å². The van der Waals surface area contributed by atoms with Gasteiger partial charge in [0, 0.05) is 44.1 Å². The lowest BCUT2D eigenvalue weighted by atomic mass is 10.3. The molecule has 2 aromatic heterocycles. The van der Waals surface area contributed by atoms with Crippen LogP contribution in [0.2, 0.25) is 0 Å². The third kappa shape index (κ3) is 3.37. The molecule has 2 N–H and O–H groups in total. The topological polar surface area (TPSA) is 81.5 Å². The molecular formula is C14H21N3O3S. The summed E-state index contributed by atoms with van der Waals surface area (Å²) in [5.41, 5.74) is 7.32. The molecule has 7 heteroatoms. The zero-order valence-corrected chi connectivity index (χ0v) is 13.1. The van der Waals surface area contributed by atoms with E-state index in [2.05, 4.69) is 0 Å². The molecule has 0 aliphatic carbocycles. The van der Waals surface area contributed by atoms with E-state index in [0.717, 1.165) is 24.2 Å². The zero-order valence-electron chi connectivity index (χ0n) is 12.3. The van der Waals surface area contributed by atoms with E-state index < -0.39 is 10.0 Å². The quantitative estimate of drug-likeness (QED) is 0.845. The van der Waals surface area contributed by atoms with E-state index >= 15 is 0 Å². The molecule has 0 aromatic carbocycles. The van der Waals surface area contributed by atoms with E-state index in [4.69, 9.17) is 10.2 Å². The van der Waals surface area contributed by atoms with Gasteiger partial charge < -0.3 is 14.7 Å². The second-order valence-corrected chi connectivity index (χ2v) is 7.00. The van der Waals surface area contributed by atoms with Crippen molar-refractivity contribution in [1.29, 1.82) is 0 Å². The fourth-order valence-electron chi connectivity index (χ4n) is 2.19. The third-order valence-corrected chi connectivity index (χ3v) is 5.10. The predicted molar refractivity (Wildman–Crippen MR) is 80.0 cm³/mol. The summed E-state index contributed by atoms with van der Waals surface area (Å²) in [6, 6.07) is 3.40. The predicted octanol–water partition coefficient (Wildman–Crippen LogP) is 1.77.